The summed E-state index contributed by atoms with van der Waals surface area (Å²) < 4.78 is 26.8. The molecule has 2 aromatic rings. The van der Waals surface area contributed by atoms with Crippen molar-refractivity contribution in [2.24, 2.45) is 0 Å². The third-order valence-electron chi connectivity index (χ3n) is 2.50. The van der Waals surface area contributed by atoms with Crippen molar-refractivity contribution in [1.82, 2.24) is 19.9 Å². The predicted molar refractivity (Wildman–Crippen MR) is 65.2 cm³/mol. The fraction of sp³-hybridized carbons (Fsp3) is 0.250. The highest BCUT2D eigenvalue weighted by atomic mass is 19.3. The van der Waals surface area contributed by atoms with E-state index < -0.39 is 12.3 Å². The van der Waals surface area contributed by atoms with Crippen LogP contribution in [0.5, 0.6) is 0 Å². The quantitative estimate of drug-likeness (QED) is 0.860. The van der Waals surface area contributed by atoms with Crippen LogP contribution in [0, 0.1) is 6.92 Å². The SMILES string of the molecule is C=CCNC(=O)c1cnn2c(C(F)F)cc(C)nc12. The third kappa shape index (κ3) is 2.44. The van der Waals surface area contributed by atoms with Crippen molar-refractivity contribution in [3.8, 4) is 0 Å². The summed E-state index contributed by atoms with van der Waals surface area (Å²) in [5.41, 5.74) is 0.399. The lowest BCUT2D eigenvalue weighted by atomic mass is 10.3. The van der Waals surface area contributed by atoms with E-state index in [2.05, 4.69) is 22.0 Å². The number of amides is 1. The van der Waals surface area contributed by atoms with Gasteiger partial charge in [0.05, 0.1) is 6.20 Å². The molecule has 2 rings (SSSR count). The van der Waals surface area contributed by atoms with Gasteiger partial charge in [0, 0.05) is 12.2 Å². The average Bonchev–Trinajstić information content (AvgIpc) is 2.78. The molecule has 7 heteroatoms. The van der Waals surface area contributed by atoms with E-state index in [1.807, 2.05) is 0 Å². The van der Waals surface area contributed by atoms with Gasteiger partial charge < -0.3 is 5.32 Å². The Balaban J connectivity index is 2.53. The normalized spacial score (nSPS) is 10.9. The van der Waals surface area contributed by atoms with Gasteiger partial charge in [0.15, 0.2) is 5.65 Å². The molecule has 5 nitrogen and oxygen atoms in total. The van der Waals surface area contributed by atoms with Crippen molar-refractivity contribution in [2.45, 2.75) is 13.3 Å². The van der Waals surface area contributed by atoms with Gasteiger partial charge in [0.1, 0.15) is 11.3 Å². The Bertz CT molecular complexity index is 636. The first-order valence-electron chi connectivity index (χ1n) is 5.57. The largest absolute Gasteiger partial charge is 0.348 e. The number of hydrogen-bond donors (Lipinski definition) is 1. The highest BCUT2D eigenvalue weighted by Crippen LogP contribution is 2.21. The summed E-state index contributed by atoms with van der Waals surface area (Å²) in [5, 5.41) is 6.35. The maximum atomic E-state index is 12.9. The van der Waals surface area contributed by atoms with Gasteiger partial charge in [0.25, 0.3) is 12.3 Å². The van der Waals surface area contributed by atoms with Crippen molar-refractivity contribution in [3.63, 3.8) is 0 Å². The van der Waals surface area contributed by atoms with E-state index in [0.29, 0.717) is 5.69 Å². The lowest BCUT2D eigenvalue weighted by molar-refractivity contribution is 0.0959. The Hall–Kier alpha value is -2.31. The molecule has 2 aromatic heterocycles. The van der Waals surface area contributed by atoms with Gasteiger partial charge in [-0.05, 0) is 13.0 Å². The van der Waals surface area contributed by atoms with Crippen molar-refractivity contribution >= 4 is 11.6 Å². The highest BCUT2D eigenvalue weighted by molar-refractivity contribution is 5.99. The first-order chi connectivity index (χ1) is 9.04. The summed E-state index contributed by atoms with van der Waals surface area (Å²) in [7, 11) is 0. The lowest BCUT2D eigenvalue weighted by Crippen LogP contribution is -2.23. The fourth-order valence-corrected chi connectivity index (χ4v) is 1.69. The molecule has 100 valence electrons. The molecule has 0 bridgehead atoms. The second-order valence-electron chi connectivity index (χ2n) is 3.92. The molecular formula is C12H12F2N4O. The van der Waals surface area contributed by atoms with Crippen molar-refractivity contribution in [3.05, 3.63) is 41.9 Å². The molecule has 0 aliphatic rings. The van der Waals surface area contributed by atoms with Crippen LogP contribution in [0.4, 0.5) is 8.78 Å². The zero-order valence-electron chi connectivity index (χ0n) is 10.2. The Morgan fingerprint density at radius 1 is 1.63 bits per heavy atom. The number of hydrogen-bond acceptors (Lipinski definition) is 3. The van der Waals surface area contributed by atoms with Crippen molar-refractivity contribution in [1.29, 1.82) is 0 Å². The number of carbonyl (C=O) groups excluding carboxylic acids is 1. The standard InChI is InChI=1S/C12H12F2N4O/c1-3-4-15-12(19)8-6-16-18-9(10(13)14)5-7(2)17-11(8)18/h3,5-6,10H,1,4H2,2H3,(H,15,19). The number of aromatic nitrogens is 3. The summed E-state index contributed by atoms with van der Waals surface area (Å²) in [4.78, 5) is 15.9. The van der Waals surface area contributed by atoms with Gasteiger partial charge in [-0.3, -0.25) is 4.79 Å². The van der Waals surface area contributed by atoms with Crippen molar-refractivity contribution < 1.29 is 13.6 Å². The molecule has 0 unspecified atom stereocenters. The topological polar surface area (TPSA) is 59.3 Å². The fourth-order valence-electron chi connectivity index (χ4n) is 1.69. The van der Waals surface area contributed by atoms with E-state index >= 15 is 0 Å². The van der Waals surface area contributed by atoms with E-state index in [4.69, 9.17) is 0 Å². The van der Waals surface area contributed by atoms with E-state index in [9.17, 15) is 13.6 Å². The Morgan fingerprint density at radius 2 is 2.37 bits per heavy atom. The predicted octanol–water partition coefficient (Wildman–Crippen LogP) is 1.89. The zero-order chi connectivity index (χ0) is 14.0. The zero-order valence-corrected chi connectivity index (χ0v) is 10.2. The molecular weight excluding hydrogens is 254 g/mol. The molecule has 2 heterocycles. The van der Waals surface area contributed by atoms with E-state index in [1.165, 1.54) is 18.3 Å². The van der Waals surface area contributed by atoms with Crippen LogP contribution < -0.4 is 5.32 Å². The third-order valence-corrected chi connectivity index (χ3v) is 2.50. The van der Waals surface area contributed by atoms with Crippen LogP contribution in [0.3, 0.4) is 0 Å². The highest BCUT2D eigenvalue weighted by Gasteiger charge is 2.19. The number of carbonyl (C=O) groups is 1. The maximum absolute atomic E-state index is 12.9. The van der Waals surface area contributed by atoms with Crippen LogP contribution in [-0.4, -0.2) is 27.0 Å². The van der Waals surface area contributed by atoms with Gasteiger partial charge in [-0.1, -0.05) is 6.08 Å². The minimum atomic E-state index is -2.69. The first kappa shape index (κ1) is 13.1. The van der Waals surface area contributed by atoms with Crippen LogP contribution in [0.1, 0.15) is 28.2 Å². The number of nitrogens with one attached hydrogen (secondary N) is 1. The molecule has 0 aromatic carbocycles. The van der Waals surface area contributed by atoms with Gasteiger partial charge in [-0.2, -0.15) is 5.10 Å². The lowest BCUT2D eigenvalue weighted by Gasteiger charge is -2.05. The van der Waals surface area contributed by atoms with Gasteiger partial charge >= 0.3 is 0 Å². The molecule has 0 saturated heterocycles. The molecule has 1 N–H and O–H groups in total. The summed E-state index contributed by atoms with van der Waals surface area (Å²) in [6.07, 6.45) is 0.0621. The molecule has 1 amide bonds. The maximum Gasteiger partial charge on any atom is 0.280 e. The summed E-state index contributed by atoms with van der Waals surface area (Å²) in [6, 6.07) is 1.25. The Morgan fingerprint density at radius 3 is 3.00 bits per heavy atom. The molecule has 0 atom stereocenters. The average molecular weight is 266 g/mol. The number of alkyl halides is 2. The van der Waals surface area contributed by atoms with Crippen LogP contribution in [-0.2, 0) is 0 Å². The van der Waals surface area contributed by atoms with Crippen LogP contribution in [0.15, 0.2) is 24.9 Å². The van der Waals surface area contributed by atoms with E-state index in [-0.39, 0.29) is 23.4 Å². The number of aryl methyl sites for hydroxylation is 1. The minimum absolute atomic E-state index is 0.122. The smallest absolute Gasteiger partial charge is 0.280 e. The summed E-state index contributed by atoms with van der Waals surface area (Å²) in [5.74, 6) is -0.423. The van der Waals surface area contributed by atoms with Crippen LogP contribution in [0.25, 0.3) is 5.65 Å². The molecule has 0 aliphatic heterocycles. The molecule has 0 saturated carbocycles. The molecule has 0 radical (unpaired) electrons. The molecule has 0 aliphatic carbocycles. The van der Waals surface area contributed by atoms with E-state index in [0.717, 1.165) is 4.52 Å². The molecule has 0 fully saturated rings. The van der Waals surface area contributed by atoms with Gasteiger partial charge in [0.2, 0.25) is 0 Å². The summed E-state index contributed by atoms with van der Waals surface area (Å²) >= 11 is 0. The number of nitrogens with zero attached hydrogens (tertiary/aromatic N) is 3. The van der Waals surface area contributed by atoms with Crippen LogP contribution >= 0.6 is 0 Å². The minimum Gasteiger partial charge on any atom is -0.348 e. The number of halogens is 2. The second-order valence-corrected chi connectivity index (χ2v) is 3.92. The molecule has 0 spiro atoms. The Kier molecular flexibility index (Phi) is 3.55. The molecule has 19 heavy (non-hydrogen) atoms. The van der Waals surface area contributed by atoms with Gasteiger partial charge in [-0.15, -0.1) is 6.58 Å². The number of rotatable bonds is 4. The Labute approximate surface area is 107 Å². The monoisotopic (exact) mass is 266 g/mol. The first-order valence-corrected chi connectivity index (χ1v) is 5.57. The number of fused-ring (bicyclic) bond motifs is 1. The van der Waals surface area contributed by atoms with Gasteiger partial charge in [-0.25, -0.2) is 18.3 Å². The van der Waals surface area contributed by atoms with Crippen LogP contribution in [0.2, 0.25) is 0 Å². The van der Waals surface area contributed by atoms with Crippen molar-refractivity contribution in [2.75, 3.05) is 6.54 Å². The second kappa shape index (κ2) is 5.13. The van der Waals surface area contributed by atoms with E-state index in [1.54, 1.807) is 6.92 Å². The summed E-state index contributed by atoms with van der Waals surface area (Å²) in [6.45, 7) is 5.35.